The lowest BCUT2D eigenvalue weighted by atomic mass is 9.98. The van der Waals surface area contributed by atoms with E-state index in [0.717, 1.165) is 0 Å². The van der Waals surface area contributed by atoms with E-state index in [0.29, 0.717) is 5.56 Å². The Labute approximate surface area is 159 Å². The van der Waals surface area contributed by atoms with Gasteiger partial charge in [0.15, 0.2) is 0 Å². The molecule has 150 valence electrons. The van der Waals surface area contributed by atoms with Crippen LogP contribution in [0, 0.1) is 11.8 Å². The van der Waals surface area contributed by atoms with Gasteiger partial charge in [0.1, 0.15) is 0 Å². The molecule has 8 heteroatoms. The van der Waals surface area contributed by atoms with Crippen LogP contribution in [0.5, 0.6) is 0 Å². The lowest BCUT2D eigenvalue weighted by Gasteiger charge is -2.13. The van der Waals surface area contributed by atoms with Crippen LogP contribution in [0.4, 0.5) is 0 Å². The average molecular weight is 398 g/mol. The summed E-state index contributed by atoms with van der Waals surface area (Å²) in [4.78, 5) is 10.1. The molecule has 0 fully saturated rings. The van der Waals surface area contributed by atoms with E-state index in [1.54, 1.807) is 48.5 Å². The largest absolute Gasteiger partial charge is 0.478 e. The quantitative estimate of drug-likeness (QED) is 0.569. The van der Waals surface area contributed by atoms with Crippen molar-refractivity contribution in [1.82, 2.24) is 0 Å². The normalized spacial score (nSPS) is 12.5. The molecule has 0 aromatic heterocycles. The number of aromatic carboxylic acids is 1. The lowest BCUT2D eigenvalue weighted by Crippen LogP contribution is -2.15. The molecule has 0 aliphatic heterocycles. The molecule has 2 rings (SSSR count). The van der Waals surface area contributed by atoms with Crippen molar-refractivity contribution in [3.05, 3.63) is 66.2 Å². The number of aliphatic hydroxyl groups is 2. The molecule has 2 aromatic rings. The van der Waals surface area contributed by atoms with Crippen LogP contribution in [-0.4, -0.2) is 47.5 Å². The van der Waals surface area contributed by atoms with Crippen molar-refractivity contribution >= 4 is 16.1 Å². The summed E-state index contributed by atoms with van der Waals surface area (Å²) in [6.07, 6.45) is 0. The molecule has 2 unspecified atom stereocenters. The van der Waals surface area contributed by atoms with Crippen LogP contribution in [0.3, 0.4) is 0 Å². The molecule has 7 nitrogen and oxygen atoms in total. The number of hydrogen-bond acceptors (Lipinski definition) is 5. The van der Waals surface area contributed by atoms with Crippen molar-refractivity contribution in [2.24, 2.45) is 11.8 Å². The van der Waals surface area contributed by atoms with Gasteiger partial charge in [-0.05, 0) is 36.1 Å². The Morgan fingerprint density at radius 3 is 1.44 bits per heavy atom. The summed E-state index contributed by atoms with van der Waals surface area (Å²) in [5.41, 5.74) is 0.331. The molecule has 0 bridgehead atoms. The molecule has 4 N–H and O–H groups in total. The molecule has 0 aliphatic carbocycles. The zero-order valence-corrected chi connectivity index (χ0v) is 16.1. The number of carbonyl (C=O) groups is 1. The van der Waals surface area contributed by atoms with Crippen LogP contribution < -0.4 is 0 Å². The number of aliphatic hydroxyl groups excluding tert-OH is 2. The summed E-state index contributed by atoms with van der Waals surface area (Å²) in [6, 6.07) is 15.7. The van der Waals surface area contributed by atoms with Gasteiger partial charge >= 0.3 is 5.97 Å². The van der Waals surface area contributed by atoms with Gasteiger partial charge < -0.3 is 15.3 Å². The van der Waals surface area contributed by atoms with Crippen molar-refractivity contribution in [2.75, 3.05) is 13.2 Å². The van der Waals surface area contributed by atoms with Gasteiger partial charge in [-0.1, -0.05) is 50.2 Å². The third-order valence-corrected chi connectivity index (χ3v) is 4.48. The van der Waals surface area contributed by atoms with E-state index in [2.05, 4.69) is 0 Å². The minimum absolute atomic E-state index is 0.0741. The summed E-state index contributed by atoms with van der Waals surface area (Å²) < 4.78 is 29.2. The highest BCUT2D eigenvalue weighted by molar-refractivity contribution is 7.85. The van der Waals surface area contributed by atoms with Gasteiger partial charge in [0.2, 0.25) is 0 Å². The van der Waals surface area contributed by atoms with Gasteiger partial charge in [-0.2, -0.15) is 8.42 Å². The van der Waals surface area contributed by atoms with E-state index in [-0.39, 0.29) is 29.9 Å². The number of benzene rings is 2. The third-order valence-electron chi connectivity index (χ3n) is 3.61. The molecule has 0 saturated carbocycles. The van der Waals surface area contributed by atoms with Crippen molar-refractivity contribution in [3.63, 3.8) is 0 Å². The number of carboxylic acid groups (broad SMARTS) is 1. The summed E-state index contributed by atoms with van der Waals surface area (Å²) in [5.74, 6) is -0.435. The molecule has 2 aromatic carbocycles. The fraction of sp³-hybridized carbons (Fsp3) is 0.316. The topological polar surface area (TPSA) is 132 Å². The van der Waals surface area contributed by atoms with Crippen molar-refractivity contribution < 1.29 is 33.1 Å². The number of rotatable bonds is 5. The Bertz CT molecular complexity index is 738. The van der Waals surface area contributed by atoms with E-state index in [1.165, 1.54) is 12.1 Å². The summed E-state index contributed by atoms with van der Waals surface area (Å²) in [7, 11) is -4.00. The third kappa shape index (κ3) is 11.1. The lowest BCUT2D eigenvalue weighted by molar-refractivity contribution is 0.0697. The minimum atomic E-state index is -4.00. The molecule has 0 heterocycles. The first kappa shape index (κ1) is 24.7. The van der Waals surface area contributed by atoms with Crippen LogP contribution in [0.2, 0.25) is 0 Å². The number of hydrogen-bond donors (Lipinski definition) is 4. The second-order valence-corrected chi connectivity index (χ2v) is 7.20. The van der Waals surface area contributed by atoms with Crippen molar-refractivity contribution in [3.8, 4) is 0 Å². The van der Waals surface area contributed by atoms with Gasteiger partial charge in [0.25, 0.3) is 10.1 Å². The highest BCUT2D eigenvalue weighted by atomic mass is 32.2. The van der Waals surface area contributed by atoms with Gasteiger partial charge in [-0.25, -0.2) is 4.79 Å². The second-order valence-electron chi connectivity index (χ2n) is 5.78. The monoisotopic (exact) mass is 398 g/mol. The summed E-state index contributed by atoms with van der Waals surface area (Å²) in [5, 5.41) is 25.4. The standard InChI is InChI=1S/C7H6O2.C6H6O3S.C6H14O2/c8-7(9)6-4-2-1-3-5-6;7-10(8,9)6-4-2-1-3-5-6;1-5(3-7)6(2)4-8/h1-5H,(H,8,9);1-5H,(H,7,8,9);5-8H,3-4H2,1-2H3. The van der Waals surface area contributed by atoms with E-state index >= 15 is 0 Å². The smallest absolute Gasteiger partial charge is 0.335 e. The molecule has 0 saturated heterocycles. The van der Waals surface area contributed by atoms with Gasteiger partial charge in [0, 0.05) is 13.2 Å². The van der Waals surface area contributed by atoms with Crippen LogP contribution in [0.25, 0.3) is 0 Å². The Balaban J connectivity index is 0.000000379. The molecule has 27 heavy (non-hydrogen) atoms. The Morgan fingerprint density at radius 1 is 0.852 bits per heavy atom. The highest BCUT2D eigenvalue weighted by Crippen LogP contribution is 2.07. The summed E-state index contributed by atoms with van der Waals surface area (Å²) in [6.45, 7) is 4.17. The molecular formula is C19H26O7S. The first-order chi connectivity index (χ1) is 12.6. The van der Waals surface area contributed by atoms with E-state index in [4.69, 9.17) is 19.9 Å². The maximum atomic E-state index is 10.4. The first-order valence-electron chi connectivity index (χ1n) is 8.16. The minimum Gasteiger partial charge on any atom is -0.478 e. The molecule has 0 amide bonds. The zero-order valence-electron chi connectivity index (χ0n) is 15.3. The molecular weight excluding hydrogens is 372 g/mol. The predicted molar refractivity (Wildman–Crippen MR) is 102 cm³/mol. The van der Waals surface area contributed by atoms with Crippen molar-refractivity contribution in [2.45, 2.75) is 18.7 Å². The van der Waals surface area contributed by atoms with E-state index in [1.807, 2.05) is 13.8 Å². The van der Waals surface area contributed by atoms with Crippen LogP contribution in [0.15, 0.2) is 65.6 Å². The fourth-order valence-electron chi connectivity index (χ4n) is 1.53. The maximum absolute atomic E-state index is 10.4. The zero-order chi connectivity index (χ0) is 20.9. The Morgan fingerprint density at radius 2 is 1.22 bits per heavy atom. The maximum Gasteiger partial charge on any atom is 0.335 e. The Hall–Kier alpha value is -2.26. The molecule has 2 atom stereocenters. The molecule has 0 radical (unpaired) electrons. The Kier molecular flexibility index (Phi) is 11.9. The van der Waals surface area contributed by atoms with Crippen molar-refractivity contribution in [1.29, 1.82) is 0 Å². The van der Waals surface area contributed by atoms with Gasteiger partial charge in [-0.3, -0.25) is 4.55 Å². The first-order valence-corrected chi connectivity index (χ1v) is 9.60. The van der Waals surface area contributed by atoms with Gasteiger partial charge in [-0.15, -0.1) is 0 Å². The van der Waals surface area contributed by atoms with E-state index in [9.17, 15) is 13.2 Å². The van der Waals surface area contributed by atoms with E-state index < -0.39 is 16.1 Å². The predicted octanol–water partition coefficient (Wildman–Crippen LogP) is 2.56. The highest BCUT2D eigenvalue weighted by Gasteiger charge is 2.08. The number of carboxylic acids is 1. The second kappa shape index (κ2) is 13.0. The summed E-state index contributed by atoms with van der Waals surface area (Å²) >= 11 is 0. The average Bonchev–Trinajstić information content (AvgIpc) is 2.68. The van der Waals surface area contributed by atoms with Gasteiger partial charge in [0.05, 0.1) is 10.5 Å². The van der Waals surface area contributed by atoms with Crippen LogP contribution in [0.1, 0.15) is 24.2 Å². The van der Waals surface area contributed by atoms with Crippen LogP contribution >= 0.6 is 0 Å². The fourth-order valence-corrected chi connectivity index (χ4v) is 2.03. The molecule has 0 spiro atoms. The SMILES string of the molecule is CC(CO)C(C)CO.O=C(O)c1ccccc1.O=S(=O)(O)c1ccccc1. The van der Waals surface area contributed by atoms with Crippen LogP contribution in [-0.2, 0) is 10.1 Å². The molecule has 0 aliphatic rings.